The number of aromatic nitrogens is 3. The van der Waals surface area contributed by atoms with Gasteiger partial charge in [-0.25, -0.2) is 9.07 Å². The number of hydrogen-bond acceptors (Lipinski definition) is 6. The Balaban J connectivity index is 1.97. The van der Waals surface area contributed by atoms with Gasteiger partial charge in [-0.05, 0) is 48.5 Å². The Bertz CT molecular complexity index is 1260. The third-order valence-corrected chi connectivity index (χ3v) is 4.37. The number of rotatable bonds is 5. The first-order chi connectivity index (χ1) is 14.4. The average molecular weight is 405 g/mol. The van der Waals surface area contributed by atoms with Crippen molar-refractivity contribution < 1.29 is 14.2 Å². The fourth-order valence-corrected chi connectivity index (χ4v) is 2.98. The summed E-state index contributed by atoms with van der Waals surface area (Å²) in [5, 5.41) is 27.1. The fraction of sp³-hybridized carbons (Fsp3) is 0. The molecule has 4 aromatic rings. The lowest BCUT2D eigenvalue weighted by atomic mass is 10.1. The van der Waals surface area contributed by atoms with Gasteiger partial charge >= 0.3 is 5.69 Å². The summed E-state index contributed by atoms with van der Waals surface area (Å²) in [6, 6.07) is 15.8. The third kappa shape index (κ3) is 3.49. The minimum atomic E-state index is -0.709. The molecule has 0 radical (unpaired) electrons. The molecular formula is C20H12FN5O4. The van der Waals surface area contributed by atoms with Crippen LogP contribution >= 0.6 is 0 Å². The van der Waals surface area contributed by atoms with Gasteiger partial charge in [-0.15, -0.1) is 0 Å². The van der Waals surface area contributed by atoms with Gasteiger partial charge in [0.25, 0.3) is 5.69 Å². The molecule has 2 aromatic carbocycles. The Hall–Kier alpha value is -4.47. The number of halogens is 1. The fourth-order valence-electron chi connectivity index (χ4n) is 2.98. The van der Waals surface area contributed by atoms with Crippen molar-refractivity contribution in [3.8, 4) is 28.3 Å². The lowest BCUT2D eigenvalue weighted by molar-refractivity contribution is -0.394. The van der Waals surface area contributed by atoms with E-state index in [9.17, 15) is 24.6 Å². The van der Waals surface area contributed by atoms with E-state index in [1.54, 1.807) is 30.5 Å². The smallest absolute Gasteiger partial charge is 0.258 e. The molecule has 0 aliphatic rings. The molecule has 30 heavy (non-hydrogen) atoms. The van der Waals surface area contributed by atoms with Gasteiger partial charge in [-0.2, -0.15) is 5.10 Å². The molecule has 0 fully saturated rings. The molecule has 0 amide bonds. The predicted molar refractivity (Wildman–Crippen MR) is 105 cm³/mol. The van der Waals surface area contributed by atoms with Crippen LogP contribution in [0, 0.1) is 26.0 Å². The van der Waals surface area contributed by atoms with E-state index in [-0.39, 0.29) is 5.69 Å². The van der Waals surface area contributed by atoms with Crippen molar-refractivity contribution in [3.05, 3.63) is 99.0 Å². The Labute approximate surface area is 168 Å². The first kappa shape index (κ1) is 18.9. The highest BCUT2D eigenvalue weighted by Crippen LogP contribution is 2.33. The quantitative estimate of drug-likeness (QED) is 0.355. The molecular weight excluding hydrogens is 393 g/mol. The van der Waals surface area contributed by atoms with Crippen molar-refractivity contribution >= 4 is 11.4 Å². The monoisotopic (exact) mass is 405 g/mol. The zero-order valence-corrected chi connectivity index (χ0v) is 15.2. The second kappa shape index (κ2) is 7.51. The summed E-state index contributed by atoms with van der Waals surface area (Å²) in [7, 11) is 0. The minimum absolute atomic E-state index is 0.0344. The second-order valence-corrected chi connectivity index (χ2v) is 6.24. The van der Waals surface area contributed by atoms with Gasteiger partial charge in [-0.1, -0.05) is 6.07 Å². The Morgan fingerprint density at radius 2 is 1.63 bits per heavy atom. The van der Waals surface area contributed by atoms with Crippen LogP contribution in [0.1, 0.15) is 0 Å². The number of non-ortho nitro benzene ring substituents is 1. The van der Waals surface area contributed by atoms with Crippen LogP contribution in [-0.2, 0) is 0 Å². The number of nitrogens with zero attached hydrogens (tertiary/aromatic N) is 5. The first-order valence-corrected chi connectivity index (χ1v) is 8.64. The maximum atomic E-state index is 13.4. The lowest BCUT2D eigenvalue weighted by Crippen LogP contribution is -2.04. The minimum Gasteiger partial charge on any atom is -0.258 e. The van der Waals surface area contributed by atoms with Crippen LogP contribution in [0.15, 0.2) is 72.9 Å². The van der Waals surface area contributed by atoms with E-state index in [4.69, 9.17) is 0 Å². The van der Waals surface area contributed by atoms with Crippen molar-refractivity contribution in [1.29, 1.82) is 0 Å². The van der Waals surface area contributed by atoms with Crippen LogP contribution in [0.4, 0.5) is 15.8 Å². The van der Waals surface area contributed by atoms with Gasteiger partial charge in [0.15, 0.2) is 0 Å². The van der Waals surface area contributed by atoms with E-state index in [2.05, 4.69) is 10.1 Å². The van der Waals surface area contributed by atoms with Gasteiger partial charge in [0.2, 0.25) is 0 Å². The largest absolute Gasteiger partial charge is 0.301 e. The standard InChI is InChI=1S/C20H12FN5O4/c21-14-6-4-13(5-7-14)19-12-17(16-3-1-2-10-22-16)23-24(19)18-9-8-15(25(27)28)11-20(18)26(29)30/h1-12H. The lowest BCUT2D eigenvalue weighted by Gasteiger charge is -2.08. The van der Waals surface area contributed by atoms with E-state index >= 15 is 0 Å². The number of hydrogen-bond donors (Lipinski definition) is 0. The third-order valence-electron chi connectivity index (χ3n) is 4.37. The maximum Gasteiger partial charge on any atom is 0.301 e. The van der Waals surface area contributed by atoms with Gasteiger partial charge in [0.05, 0.1) is 27.3 Å². The predicted octanol–water partition coefficient (Wildman–Crippen LogP) is 4.56. The van der Waals surface area contributed by atoms with Crippen LogP contribution in [0.3, 0.4) is 0 Å². The van der Waals surface area contributed by atoms with Crippen LogP contribution in [-0.4, -0.2) is 24.6 Å². The van der Waals surface area contributed by atoms with Crippen molar-refractivity contribution in [2.45, 2.75) is 0 Å². The summed E-state index contributed by atoms with van der Waals surface area (Å²) in [6.45, 7) is 0. The van der Waals surface area contributed by atoms with E-state index in [0.717, 1.165) is 6.07 Å². The van der Waals surface area contributed by atoms with E-state index in [1.165, 1.54) is 41.1 Å². The molecule has 0 N–H and O–H groups in total. The molecule has 0 spiro atoms. The zero-order chi connectivity index (χ0) is 21.3. The molecule has 0 saturated carbocycles. The second-order valence-electron chi connectivity index (χ2n) is 6.24. The number of pyridine rings is 1. The Morgan fingerprint density at radius 3 is 2.27 bits per heavy atom. The number of nitro benzene ring substituents is 2. The molecule has 0 aliphatic carbocycles. The molecule has 2 aromatic heterocycles. The summed E-state index contributed by atoms with van der Waals surface area (Å²) in [5.41, 5.74) is 1.10. The highest BCUT2D eigenvalue weighted by Gasteiger charge is 2.24. The Morgan fingerprint density at radius 1 is 0.867 bits per heavy atom. The van der Waals surface area contributed by atoms with Crippen molar-refractivity contribution in [2.75, 3.05) is 0 Å². The zero-order valence-electron chi connectivity index (χ0n) is 15.2. The summed E-state index contributed by atoms with van der Waals surface area (Å²) in [4.78, 5) is 25.5. The summed E-state index contributed by atoms with van der Waals surface area (Å²) in [5.74, 6) is -0.434. The molecule has 9 nitrogen and oxygen atoms in total. The van der Waals surface area contributed by atoms with E-state index in [1.807, 2.05) is 0 Å². The summed E-state index contributed by atoms with van der Waals surface area (Å²) in [6.07, 6.45) is 1.58. The number of nitro groups is 2. The van der Waals surface area contributed by atoms with Crippen LogP contribution in [0.5, 0.6) is 0 Å². The van der Waals surface area contributed by atoms with Gasteiger partial charge in [0, 0.05) is 17.8 Å². The van der Waals surface area contributed by atoms with E-state index in [0.29, 0.717) is 22.6 Å². The maximum absolute atomic E-state index is 13.4. The summed E-state index contributed by atoms with van der Waals surface area (Å²) < 4.78 is 14.7. The molecule has 0 atom stereocenters. The van der Waals surface area contributed by atoms with Crippen LogP contribution in [0.25, 0.3) is 28.3 Å². The average Bonchev–Trinajstić information content (AvgIpc) is 3.19. The molecule has 10 heteroatoms. The van der Waals surface area contributed by atoms with E-state index < -0.39 is 27.0 Å². The highest BCUT2D eigenvalue weighted by atomic mass is 19.1. The molecule has 0 bridgehead atoms. The van der Waals surface area contributed by atoms with Crippen LogP contribution in [0.2, 0.25) is 0 Å². The Kier molecular flexibility index (Phi) is 4.72. The van der Waals surface area contributed by atoms with Crippen molar-refractivity contribution in [2.24, 2.45) is 0 Å². The molecule has 4 rings (SSSR count). The molecule has 0 saturated heterocycles. The molecule has 148 valence electrons. The van der Waals surface area contributed by atoms with Crippen molar-refractivity contribution in [3.63, 3.8) is 0 Å². The molecule has 0 aliphatic heterocycles. The topological polar surface area (TPSA) is 117 Å². The van der Waals surface area contributed by atoms with Gasteiger partial charge in [-0.3, -0.25) is 25.2 Å². The SMILES string of the molecule is O=[N+]([O-])c1ccc(-n2nc(-c3ccccn3)cc2-c2ccc(F)cc2)c([N+](=O)[O-])c1. The number of benzene rings is 2. The van der Waals surface area contributed by atoms with Gasteiger partial charge in [0.1, 0.15) is 17.2 Å². The molecule has 0 unspecified atom stereocenters. The molecule has 2 heterocycles. The first-order valence-electron chi connectivity index (χ1n) is 8.64. The van der Waals surface area contributed by atoms with Crippen molar-refractivity contribution in [1.82, 2.24) is 14.8 Å². The summed E-state index contributed by atoms with van der Waals surface area (Å²) >= 11 is 0. The highest BCUT2D eigenvalue weighted by molar-refractivity contribution is 5.71. The normalized spacial score (nSPS) is 10.7. The van der Waals surface area contributed by atoms with Gasteiger partial charge < -0.3 is 0 Å². The van der Waals surface area contributed by atoms with Crippen LogP contribution < -0.4 is 0 Å².